The van der Waals surface area contributed by atoms with Gasteiger partial charge in [-0.1, -0.05) is 0 Å². The molecule has 1 atom stereocenters. The summed E-state index contributed by atoms with van der Waals surface area (Å²) in [6.07, 6.45) is 1.08. The van der Waals surface area contributed by atoms with Gasteiger partial charge in [-0.25, -0.2) is 0 Å². The Kier molecular flexibility index (Phi) is 5.83. The van der Waals surface area contributed by atoms with Gasteiger partial charge in [0.25, 0.3) is 0 Å². The molecule has 3 aromatic carbocycles. The van der Waals surface area contributed by atoms with Crippen LogP contribution < -0.4 is 5.63 Å². The van der Waals surface area contributed by atoms with Gasteiger partial charge >= 0.3 is 226 Å². The molecule has 1 unspecified atom stereocenters. The molecule has 2 nitrogen and oxygen atoms in total. The molecule has 2 aliphatic carbocycles. The van der Waals surface area contributed by atoms with Crippen LogP contribution in [0.3, 0.4) is 0 Å². The van der Waals surface area contributed by atoms with Gasteiger partial charge < -0.3 is 0 Å². The van der Waals surface area contributed by atoms with Crippen molar-refractivity contribution in [1.29, 1.82) is 0 Å². The summed E-state index contributed by atoms with van der Waals surface area (Å²) in [6.45, 7) is 1.59. The standard InChI is InChI=1S/C9H7.2C7H5F3O.C5H5.2CH3.H2Si.Zr/c1-2-5-9-7-3-6-8(9)4-1;2*8-7(9,10)5-1-3-6(11)4-2-5;1-2-4-5-3-1;;;;/h1-7H;2*1-4,11H;1-3H,4H2;2*1H3;1H2;/q;;;;;;;+2/p-2. The molecule has 0 radical (unpaired) electrons. The number of hydrogen-bond donors (Lipinski definition) is 0. The second-order valence-electron chi connectivity index (χ2n) is 12.5. The fourth-order valence-electron chi connectivity index (χ4n) is 6.36. The SMILES string of the molecule is [CH3][Zr]([CH3])(=[SiH2])([O]c1ccc(C(F)(F)F)cc1)([O]c1ccc(C(F)(F)F)cc1)([C]1=CC=CC1)[CH]1C=Cc2ccccc21. The van der Waals surface area contributed by atoms with E-state index in [2.05, 4.69) is 0 Å². The van der Waals surface area contributed by atoms with E-state index in [4.69, 9.17) is 5.63 Å². The first-order valence-electron chi connectivity index (χ1n) is 12.8. The maximum absolute atomic E-state index is 13.4. The molecule has 10 heteroatoms. The quantitative estimate of drug-likeness (QED) is 0.195. The van der Waals surface area contributed by atoms with Crippen molar-refractivity contribution in [2.75, 3.05) is 0 Å². The number of alkyl halides is 6. The Labute approximate surface area is 225 Å². The van der Waals surface area contributed by atoms with Crippen LogP contribution in [0.2, 0.25) is 9.26 Å². The molecule has 0 aliphatic heterocycles. The normalized spacial score (nSPS) is 19.6. The molecule has 0 bridgehead atoms. The van der Waals surface area contributed by atoms with E-state index in [0.717, 1.165) is 38.7 Å². The molecule has 0 N–H and O–H groups in total. The molecular weight excluding hydrogens is 626 g/mol. The molecule has 0 heterocycles. The van der Waals surface area contributed by atoms with E-state index in [-0.39, 0.29) is 11.5 Å². The van der Waals surface area contributed by atoms with Crippen molar-refractivity contribution in [2.45, 2.75) is 31.7 Å². The van der Waals surface area contributed by atoms with Gasteiger partial charge in [0.1, 0.15) is 0 Å². The molecule has 40 heavy (non-hydrogen) atoms. The van der Waals surface area contributed by atoms with Crippen LogP contribution in [0.5, 0.6) is 11.5 Å². The fourth-order valence-corrected chi connectivity index (χ4v) is 30.0. The predicted molar refractivity (Wildman–Crippen MR) is 144 cm³/mol. The van der Waals surface area contributed by atoms with Crippen molar-refractivity contribution in [2.24, 2.45) is 0 Å². The fraction of sp³-hybridized carbons (Fsp3) is 0.200. The van der Waals surface area contributed by atoms with Gasteiger partial charge in [0.2, 0.25) is 0 Å². The molecular formula is C30H28F6O2SiZr. The first-order valence-corrected chi connectivity index (χ1v) is 28.3. The molecule has 0 spiro atoms. The van der Waals surface area contributed by atoms with Gasteiger partial charge in [0.15, 0.2) is 0 Å². The summed E-state index contributed by atoms with van der Waals surface area (Å²) in [4.78, 5) is 0. The van der Waals surface area contributed by atoms with Crippen molar-refractivity contribution in [3.63, 3.8) is 0 Å². The summed E-state index contributed by atoms with van der Waals surface area (Å²) < 4.78 is 98.9. The summed E-state index contributed by atoms with van der Waals surface area (Å²) in [5, 5.41) is 0. The third-order valence-corrected chi connectivity index (χ3v) is 35.7. The molecule has 210 valence electrons. The Hall–Kier alpha value is -2.84. The number of hydrogen-bond acceptors (Lipinski definition) is 2. The maximum atomic E-state index is 13.4. The average Bonchev–Trinajstić information content (AvgIpc) is 3.56. The van der Waals surface area contributed by atoms with Crippen molar-refractivity contribution in [1.82, 2.24) is 0 Å². The van der Waals surface area contributed by atoms with Crippen LogP contribution in [-0.4, -0.2) is 6.88 Å². The van der Waals surface area contributed by atoms with Gasteiger partial charge in [-0.15, -0.1) is 0 Å². The minimum absolute atomic E-state index is 0.173. The first-order chi connectivity index (χ1) is 18.4. The molecule has 0 aromatic heterocycles. The van der Waals surface area contributed by atoms with E-state index in [1.54, 1.807) is 6.88 Å². The Morgan fingerprint density at radius 3 is 1.70 bits per heavy atom. The number of fused-ring (bicyclic) bond motifs is 1. The van der Waals surface area contributed by atoms with Gasteiger partial charge in [0, 0.05) is 0 Å². The van der Waals surface area contributed by atoms with Crippen molar-refractivity contribution in [3.8, 4) is 11.5 Å². The zero-order chi connectivity index (χ0) is 29.1. The summed E-state index contributed by atoms with van der Waals surface area (Å²) in [7, 11) is 0. The van der Waals surface area contributed by atoms with Gasteiger partial charge in [-0.3, -0.25) is 0 Å². The van der Waals surface area contributed by atoms with E-state index < -0.39 is 42.4 Å². The zero-order valence-corrected chi connectivity index (χ0v) is 25.8. The number of benzene rings is 3. The van der Waals surface area contributed by atoms with Crippen LogP contribution >= 0.6 is 0 Å². The summed E-state index contributed by atoms with van der Waals surface area (Å²) in [6, 6.07) is 16.7. The minimum atomic E-state index is -6.63. The Morgan fingerprint density at radius 2 is 1.25 bits per heavy atom. The van der Waals surface area contributed by atoms with Crippen LogP contribution in [-0.2, 0) is 27.7 Å². The summed E-state index contributed by atoms with van der Waals surface area (Å²) in [5.41, 5.74) is 0.210. The third-order valence-electron chi connectivity index (χ3n) is 8.59. The monoisotopic (exact) mass is 652 g/mol. The Morgan fingerprint density at radius 1 is 0.750 bits per heavy atom. The molecule has 5 rings (SSSR count). The van der Waals surface area contributed by atoms with Crippen LogP contribution in [0.1, 0.15) is 32.3 Å². The third kappa shape index (κ3) is 4.44. The number of rotatable bonds is 6. The van der Waals surface area contributed by atoms with E-state index >= 15 is 0 Å². The van der Waals surface area contributed by atoms with Gasteiger partial charge in [0.05, 0.1) is 0 Å². The predicted octanol–water partition coefficient (Wildman–Crippen LogP) is 9.03. The molecule has 3 aromatic rings. The van der Waals surface area contributed by atoms with E-state index in [0.29, 0.717) is 6.42 Å². The van der Waals surface area contributed by atoms with Crippen LogP contribution in [0.4, 0.5) is 26.3 Å². The van der Waals surface area contributed by atoms with Crippen molar-refractivity contribution >= 4 is 13.0 Å². The van der Waals surface area contributed by atoms with E-state index in [1.165, 1.54) is 24.3 Å². The molecule has 0 saturated carbocycles. The molecule has 0 saturated heterocycles. The summed E-state index contributed by atoms with van der Waals surface area (Å²) in [5.74, 6) is 0.347. The van der Waals surface area contributed by atoms with Crippen LogP contribution in [0, 0.1) is 0 Å². The van der Waals surface area contributed by atoms with E-state index in [9.17, 15) is 26.3 Å². The Bertz CT molecular complexity index is 1650. The zero-order valence-electron chi connectivity index (χ0n) is 21.9. The summed E-state index contributed by atoms with van der Waals surface area (Å²) >= 11 is -6.63. The second kappa shape index (κ2) is 8.13. The number of halogens is 6. The average molecular weight is 654 g/mol. The van der Waals surface area contributed by atoms with Gasteiger partial charge in [-0.05, 0) is 0 Å². The Balaban J connectivity index is 1.80. The van der Waals surface area contributed by atoms with E-state index in [1.807, 2.05) is 63.9 Å². The molecule has 2 aliphatic rings. The molecule has 0 fully saturated rings. The second-order valence-corrected chi connectivity index (χ2v) is 54.7. The van der Waals surface area contributed by atoms with Crippen molar-refractivity contribution < 1.29 is 47.3 Å². The molecule has 0 amide bonds. The van der Waals surface area contributed by atoms with Crippen molar-refractivity contribution in [3.05, 3.63) is 123 Å². The first kappa shape index (κ1) is 28.7. The van der Waals surface area contributed by atoms with Crippen LogP contribution in [0.25, 0.3) is 6.08 Å². The topological polar surface area (TPSA) is 18.5 Å². The van der Waals surface area contributed by atoms with Gasteiger partial charge in [-0.2, -0.15) is 0 Å². The van der Waals surface area contributed by atoms with Crippen LogP contribution in [0.15, 0.2) is 100 Å². The number of allylic oxidation sites excluding steroid dienone is 5.